The van der Waals surface area contributed by atoms with Crippen molar-refractivity contribution in [1.82, 2.24) is 9.21 Å². The number of benzene rings is 2. The fraction of sp³-hybridized carbons (Fsp3) is 0.368. The molecule has 0 aliphatic carbocycles. The Kier molecular flexibility index (Phi) is 6.73. The molecule has 1 aliphatic rings. The van der Waals surface area contributed by atoms with Gasteiger partial charge in [0.1, 0.15) is 16.4 Å². The Balaban J connectivity index is 1.70. The normalized spacial score (nSPS) is 16.1. The highest BCUT2D eigenvalue weighted by molar-refractivity contribution is 7.89. The van der Waals surface area contributed by atoms with Gasteiger partial charge in [0.25, 0.3) is 0 Å². The van der Waals surface area contributed by atoms with E-state index in [0.717, 1.165) is 5.56 Å². The number of piperazine rings is 1. The van der Waals surface area contributed by atoms with Crippen molar-refractivity contribution < 1.29 is 17.9 Å². The van der Waals surface area contributed by atoms with E-state index in [-0.39, 0.29) is 10.6 Å². The molecule has 0 saturated carbocycles. The largest absolute Gasteiger partial charge is 0.497 e. The summed E-state index contributed by atoms with van der Waals surface area (Å²) >= 11 is 12.2. The molecule has 0 atom stereocenters. The van der Waals surface area contributed by atoms with Gasteiger partial charge in [-0.3, -0.25) is 4.90 Å². The third-order valence-corrected chi connectivity index (χ3v) is 7.25. The van der Waals surface area contributed by atoms with Gasteiger partial charge >= 0.3 is 0 Å². The van der Waals surface area contributed by atoms with E-state index in [4.69, 9.17) is 32.7 Å². The van der Waals surface area contributed by atoms with Crippen molar-refractivity contribution in [2.24, 2.45) is 0 Å². The van der Waals surface area contributed by atoms with E-state index in [1.807, 2.05) is 6.07 Å². The molecule has 0 aromatic heterocycles. The molecule has 0 radical (unpaired) electrons. The molecule has 0 N–H and O–H groups in total. The van der Waals surface area contributed by atoms with Gasteiger partial charge in [0.05, 0.1) is 14.2 Å². The van der Waals surface area contributed by atoms with Gasteiger partial charge in [-0.1, -0.05) is 29.3 Å². The maximum absolute atomic E-state index is 13.1. The smallest absolute Gasteiger partial charge is 0.246 e. The van der Waals surface area contributed by atoms with Gasteiger partial charge in [0.15, 0.2) is 0 Å². The van der Waals surface area contributed by atoms with Crippen LogP contribution in [0.5, 0.6) is 11.5 Å². The first-order valence-electron chi connectivity index (χ1n) is 8.73. The van der Waals surface area contributed by atoms with Crippen LogP contribution in [0.15, 0.2) is 41.3 Å². The van der Waals surface area contributed by atoms with E-state index in [1.54, 1.807) is 24.3 Å². The van der Waals surface area contributed by atoms with Gasteiger partial charge in [0.2, 0.25) is 10.0 Å². The Labute approximate surface area is 175 Å². The summed E-state index contributed by atoms with van der Waals surface area (Å²) in [5.74, 6) is 0.815. The monoisotopic (exact) mass is 444 g/mol. The molecule has 1 fully saturated rings. The molecular weight excluding hydrogens is 423 g/mol. The minimum Gasteiger partial charge on any atom is -0.497 e. The highest BCUT2D eigenvalue weighted by Gasteiger charge is 2.31. The second-order valence-corrected chi connectivity index (χ2v) is 9.18. The molecule has 152 valence electrons. The van der Waals surface area contributed by atoms with Crippen molar-refractivity contribution in [2.75, 3.05) is 40.4 Å². The minimum atomic E-state index is -3.66. The molecular formula is C19H22Cl2N2O4S. The second-order valence-electron chi connectivity index (χ2n) is 6.43. The predicted molar refractivity (Wildman–Crippen MR) is 110 cm³/mol. The van der Waals surface area contributed by atoms with Crippen LogP contribution in [0.25, 0.3) is 0 Å². The predicted octanol–water partition coefficient (Wildman–Crippen LogP) is 3.52. The molecule has 2 aromatic rings. The Hall–Kier alpha value is -1.51. The molecule has 2 aromatic carbocycles. The molecule has 1 aliphatic heterocycles. The zero-order valence-corrected chi connectivity index (χ0v) is 18.0. The van der Waals surface area contributed by atoms with E-state index < -0.39 is 10.0 Å². The van der Waals surface area contributed by atoms with Crippen molar-refractivity contribution >= 4 is 33.2 Å². The van der Waals surface area contributed by atoms with Crippen LogP contribution in [0.2, 0.25) is 10.0 Å². The van der Waals surface area contributed by atoms with Crippen LogP contribution in [0, 0.1) is 0 Å². The highest BCUT2D eigenvalue weighted by Crippen LogP contribution is 2.31. The van der Waals surface area contributed by atoms with Crippen LogP contribution in [0.3, 0.4) is 0 Å². The average Bonchev–Trinajstić information content (AvgIpc) is 2.70. The van der Waals surface area contributed by atoms with Crippen molar-refractivity contribution in [2.45, 2.75) is 11.4 Å². The lowest BCUT2D eigenvalue weighted by Crippen LogP contribution is -2.48. The summed E-state index contributed by atoms with van der Waals surface area (Å²) < 4.78 is 38.0. The molecule has 1 saturated heterocycles. The third-order valence-electron chi connectivity index (χ3n) is 4.73. The zero-order valence-electron chi connectivity index (χ0n) is 15.7. The topological polar surface area (TPSA) is 59.1 Å². The van der Waals surface area contributed by atoms with Crippen LogP contribution in [-0.2, 0) is 16.6 Å². The maximum Gasteiger partial charge on any atom is 0.246 e. The lowest BCUT2D eigenvalue weighted by molar-refractivity contribution is 0.181. The Morgan fingerprint density at radius 1 is 0.964 bits per heavy atom. The molecule has 3 rings (SSSR count). The van der Waals surface area contributed by atoms with E-state index in [2.05, 4.69) is 4.90 Å². The number of hydrogen-bond donors (Lipinski definition) is 0. The summed E-state index contributed by atoms with van der Waals surface area (Å²) in [5.41, 5.74) is 0.971. The summed E-state index contributed by atoms with van der Waals surface area (Å²) in [6.07, 6.45) is 0. The SMILES string of the molecule is COc1ccc(S(=O)(=O)N2CCN(Cc3ccc(Cl)cc3Cl)CC2)c(OC)c1. The van der Waals surface area contributed by atoms with Gasteiger partial charge in [0, 0.05) is 48.8 Å². The Morgan fingerprint density at radius 2 is 1.68 bits per heavy atom. The summed E-state index contributed by atoms with van der Waals surface area (Å²) in [5, 5.41) is 1.21. The first-order valence-corrected chi connectivity index (χ1v) is 10.9. The van der Waals surface area contributed by atoms with Crippen LogP contribution in [0.4, 0.5) is 0 Å². The molecule has 6 nitrogen and oxygen atoms in total. The summed E-state index contributed by atoms with van der Waals surface area (Å²) in [6, 6.07) is 10.1. The van der Waals surface area contributed by atoms with Crippen molar-refractivity contribution in [1.29, 1.82) is 0 Å². The maximum atomic E-state index is 13.1. The summed E-state index contributed by atoms with van der Waals surface area (Å²) in [4.78, 5) is 2.32. The fourth-order valence-corrected chi connectivity index (χ4v) is 5.17. The molecule has 0 spiro atoms. The number of hydrogen-bond acceptors (Lipinski definition) is 5. The van der Waals surface area contributed by atoms with Gasteiger partial charge < -0.3 is 9.47 Å². The standard InChI is InChI=1S/C19H22Cl2N2O4S/c1-26-16-5-6-19(18(12-16)27-2)28(24,25)23-9-7-22(8-10-23)13-14-3-4-15(20)11-17(14)21/h3-6,11-12H,7-10,13H2,1-2H3. The number of nitrogens with zero attached hydrogens (tertiary/aromatic N) is 2. The second kappa shape index (κ2) is 8.88. The minimum absolute atomic E-state index is 0.144. The molecule has 0 bridgehead atoms. The first-order chi connectivity index (χ1) is 13.3. The molecule has 1 heterocycles. The summed E-state index contributed by atoms with van der Waals surface area (Å²) in [6.45, 7) is 2.65. The van der Waals surface area contributed by atoms with Gasteiger partial charge in [-0.15, -0.1) is 0 Å². The first kappa shape index (κ1) is 21.2. The fourth-order valence-electron chi connectivity index (χ4n) is 3.15. The van der Waals surface area contributed by atoms with E-state index >= 15 is 0 Å². The highest BCUT2D eigenvalue weighted by atomic mass is 35.5. The van der Waals surface area contributed by atoms with E-state index in [9.17, 15) is 8.42 Å². The molecule has 9 heteroatoms. The zero-order chi connectivity index (χ0) is 20.3. The van der Waals surface area contributed by atoms with E-state index in [0.29, 0.717) is 48.5 Å². The molecule has 0 amide bonds. The number of rotatable bonds is 6. The molecule has 0 unspecified atom stereocenters. The number of ether oxygens (including phenoxy) is 2. The number of halogens is 2. The average molecular weight is 445 g/mol. The quantitative estimate of drug-likeness (QED) is 0.681. The van der Waals surface area contributed by atoms with Crippen LogP contribution < -0.4 is 9.47 Å². The lowest BCUT2D eigenvalue weighted by atomic mass is 10.2. The number of methoxy groups -OCH3 is 2. The van der Waals surface area contributed by atoms with Crippen LogP contribution in [0.1, 0.15) is 5.56 Å². The Bertz CT molecular complexity index is 945. The molecule has 28 heavy (non-hydrogen) atoms. The van der Waals surface area contributed by atoms with Gasteiger partial charge in [-0.05, 0) is 29.8 Å². The third kappa shape index (κ3) is 4.55. The van der Waals surface area contributed by atoms with Crippen molar-refractivity contribution in [3.63, 3.8) is 0 Å². The van der Waals surface area contributed by atoms with Gasteiger partial charge in [-0.2, -0.15) is 4.31 Å². The summed E-state index contributed by atoms with van der Waals surface area (Å²) in [7, 11) is -0.688. The van der Waals surface area contributed by atoms with Crippen molar-refractivity contribution in [3.8, 4) is 11.5 Å². The number of sulfonamides is 1. The van der Waals surface area contributed by atoms with E-state index in [1.165, 1.54) is 24.6 Å². The van der Waals surface area contributed by atoms with Gasteiger partial charge in [-0.25, -0.2) is 8.42 Å². The van der Waals surface area contributed by atoms with Crippen LogP contribution >= 0.6 is 23.2 Å². The van der Waals surface area contributed by atoms with Crippen molar-refractivity contribution in [3.05, 3.63) is 52.0 Å². The van der Waals surface area contributed by atoms with Crippen LogP contribution in [-0.4, -0.2) is 58.0 Å². The lowest BCUT2D eigenvalue weighted by Gasteiger charge is -2.34. The Morgan fingerprint density at radius 3 is 2.29 bits per heavy atom.